The molecule has 0 aliphatic heterocycles. The average molecular weight is 400 g/mol. The van der Waals surface area contributed by atoms with Crippen LogP contribution < -0.4 is 5.32 Å². The highest BCUT2D eigenvalue weighted by molar-refractivity contribution is 14.1. The molecule has 0 heterocycles. The van der Waals surface area contributed by atoms with E-state index in [0.717, 1.165) is 9.13 Å². The maximum Gasteiger partial charge on any atom is 0.293 e. The molecule has 0 bridgehead atoms. The molecule has 4 nitrogen and oxygen atoms in total. The van der Waals surface area contributed by atoms with Gasteiger partial charge in [0.1, 0.15) is 11.5 Å². The molecular formula is C15H14FIN2O2. The van der Waals surface area contributed by atoms with Crippen LogP contribution in [0.25, 0.3) is 0 Å². The number of nitrogens with zero attached hydrogens (tertiary/aromatic N) is 1. The molecule has 0 aliphatic rings. The highest BCUT2D eigenvalue weighted by atomic mass is 127. The first kappa shape index (κ1) is 15.7. The van der Waals surface area contributed by atoms with Crippen LogP contribution in [0.3, 0.4) is 0 Å². The molecule has 6 heteroatoms. The van der Waals surface area contributed by atoms with Gasteiger partial charge in [0.15, 0.2) is 0 Å². The van der Waals surface area contributed by atoms with E-state index in [4.69, 9.17) is 0 Å². The van der Waals surface area contributed by atoms with Crippen molar-refractivity contribution >= 4 is 34.0 Å². The zero-order chi connectivity index (χ0) is 15.6. The molecule has 21 heavy (non-hydrogen) atoms. The van der Waals surface area contributed by atoms with Crippen molar-refractivity contribution in [2.75, 3.05) is 5.32 Å². The molecule has 0 spiro atoms. The van der Waals surface area contributed by atoms with Gasteiger partial charge >= 0.3 is 0 Å². The zero-order valence-electron chi connectivity index (χ0n) is 11.6. The lowest BCUT2D eigenvalue weighted by molar-refractivity contribution is -0.384. The van der Waals surface area contributed by atoms with Crippen molar-refractivity contribution < 1.29 is 9.31 Å². The van der Waals surface area contributed by atoms with Gasteiger partial charge in [-0.2, -0.15) is 0 Å². The van der Waals surface area contributed by atoms with Crippen molar-refractivity contribution in [2.24, 2.45) is 0 Å². The summed E-state index contributed by atoms with van der Waals surface area (Å²) in [5.74, 6) is -0.279. The quantitative estimate of drug-likeness (QED) is 0.455. The Balaban J connectivity index is 2.29. The number of benzene rings is 2. The van der Waals surface area contributed by atoms with Crippen LogP contribution in [0, 0.1) is 26.4 Å². The molecule has 0 saturated carbocycles. The third kappa shape index (κ3) is 3.69. The maximum absolute atomic E-state index is 13.6. The lowest BCUT2D eigenvalue weighted by atomic mass is 10.1. The lowest BCUT2D eigenvalue weighted by Gasteiger charge is -2.16. The summed E-state index contributed by atoms with van der Waals surface area (Å²) >= 11 is 2.03. The minimum Gasteiger partial charge on any atom is -0.373 e. The van der Waals surface area contributed by atoms with E-state index in [-0.39, 0.29) is 17.5 Å². The topological polar surface area (TPSA) is 55.2 Å². The monoisotopic (exact) mass is 400 g/mol. The van der Waals surface area contributed by atoms with E-state index < -0.39 is 4.92 Å². The van der Waals surface area contributed by atoms with Gasteiger partial charge in [-0.1, -0.05) is 12.1 Å². The minimum atomic E-state index is -0.424. The summed E-state index contributed by atoms with van der Waals surface area (Å²) in [6, 6.07) is 9.69. The van der Waals surface area contributed by atoms with E-state index >= 15 is 0 Å². The molecule has 0 saturated heterocycles. The molecule has 2 aromatic carbocycles. The first-order valence-corrected chi connectivity index (χ1v) is 7.43. The Kier molecular flexibility index (Phi) is 4.76. The molecule has 2 rings (SSSR count). The van der Waals surface area contributed by atoms with Gasteiger partial charge in [0.2, 0.25) is 0 Å². The third-order valence-corrected chi connectivity index (χ3v) is 3.90. The molecule has 1 N–H and O–H groups in total. The van der Waals surface area contributed by atoms with Crippen molar-refractivity contribution in [1.29, 1.82) is 0 Å². The van der Waals surface area contributed by atoms with Gasteiger partial charge in [-0.25, -0.2) is 4.39 Å². The summed E-state index contributed by atoms with van der Waals surface area (Å²) in [5.41, 5.74) is 1.76. The Morgan fingerprint density at radius 3 is 2.62 bits per heavy atom. The normalized spacial score (nSPS) is 12.0. The number of hydrogen-bond donors (Lipinski definition) is 1. The van der Waals surface area contributed by atoms with Crippen LogP contribution in [0.5, 0.6) is 0 Å². The fourth-order valence-electron chi connectivity index (χ4n) is 1.97. The summed E-state index contributed by atoms with van der Waals surface area (Å²) in [4.78, 5) is 10.7. The number of hydrogen-bond acceptors (Lipinski definition) is 3. The number of nitro benzene ring substituents is 1. The average Bonchev–Trinajstić information content (AvgIpc) is 2.43. The largest absolute Gasteiger partial charge is 0.373 e. The predicted octanol–water partition coefficient (Wildman–Crippen LogP) is 4.82. The van der Waals surface area contributed by atoms with Crippen molar-refractivity contribution in [3.05, 3.63) is 67.0 Å². The Morgan fingerprint density at radius 1 is 1.29 bits per heavy atom. The Morgan fingerprint density at radius 2 is 2.00 bits per heavy atom. The van der Waals surface area contributed by atoms with Crippen LogP contribution >= 0.6 is 22.6 Å². The van der Waals surface area contributed by atoms with Crippen LogP contribution in [0.2, 0.25) is 0 Å². The van der Waals surface area contributed by atoms with Crippen molar-refractivity contribution in [1.82, 2.24) is 0 Å². The fourth-order valence-corrected chi connectivity index (χ4v) is 2.45. The summed E-state index contributed by atoms with van der Waals surface area (Å²) < 4.78 is 14.4. The van der Waals surface area contributed by atoms with Gasteiger partial charge in [0.25, 0.3) is 5.69 Å². The van der Waals surface area contributed by atoms with Crippen molar-refractivity contribution in [2.45, 2.75) is 19.9 Å². The molecule has 1 atom stereocenters. The maximum atomic E-state index is 13.6. The highest BCUT2D eigenvalue weighted by Gasteiger charge is 2.17. The first-order chi connectivity index (χ1) is 9.88. The molecular weight excluding hydrogens is 386 g/mol. The molecule has 2 aromatic rings. The smallest absolute Gasteiger partial charge is 0.293 e. The summed E-state index contributed by atoms with van der Waals surface area (Å²) in [6.45, 7) is 3.53. The van der Waals surface area contributed by atoms with Crippen LogP contribution in [0.1, 0.15) is 24.1 Å². The Hall–Kier alpha value is -1.70. The first-order valence-electron chi connectivity index (χ1n) is 6.35. The van der Waals surface area contributed by atoms with Gasteiger partial charge in [0.05, 0.1) is 4.92 Å². The number of nitro groups is 1. The van der Waals surface area contributed by atoms with Crippen molar-refractivity contribution in [3.8, 4) is 0 Å². The lowest BCUT2D eigenvalue weighted by Crippen LogP contribution is -2.09. The molecule has 0 radical (unpaired) electrons. The predicted molar refractivity (Wildman–Crippen MR) is 89.0 cm³/mol. The summed E-state index contributed by atoms with van der Waals surface area (Å²) in [7, 11) is 0. The van der Waals surface area contributed by atoms with Gasteiger partial charge in [-0.15, -0.1) is 0 Å². The molecule has 0 aliphatic carbocycles. The number of nitrogens with one attached hydrogen (secondary N) is 1. The van der Waals surface area contributed by atoms with Gasteiger partial charge in [-0.05, 0) is 65.8 Å². The van der Waals surface area contributed by atoms with E-state index in [1.807, 2.05) is 35.6 Å². The second-order valence-corrected chi connectivity index (χ2v) is 6.04. The van der Waals surface area contributed by atoms with Gasteiger partial charge in [0, 0.05) is 15.7 Å². The van der Waals surface area contributed by atoms with Gasteiger partial charge < -0.3 is 5.32 Å². The van der Waals surface area contributed by atoms with Crippen LogP contribution in [-0.4, -0.2) is 4.92 Å². The van der Waals surface area contributed by atoms with Crippen LogP contribution in [-0.2, 0) is 0 Å². The third-order valence-electron chi connectivity index (χ3n) is 3.22. The molecule has 0 aromatic heterocycles. The van der Waals surface area contributed by atoms with E-state index in [9.17, 15) is 14.5 Å². The summed E-state index contributed by atoms with van der Waals surface area (Å²) in [5, 5.41) is 14.2. The van der Waals surface area contributed by atoms with Crippen LogP contribution in [0.15, 0.2) is 36.4 Å². The SMILES string of the molecule is Cc1ccc(C(C)Nc2ccc(I)cc2[N+](=O)[O-])cc1F. The fraction of sp³-hybridized carbons (Fsp3) is 0.200. The van der Waals surface area contributed by atoms with E-state index in [1.165, 1.54) is 12.1 Å². The molecule has 1 unspecified atom stereocenters. The molecule has 110 valence electrons. The van der Waals surface area contributed by atoms with E-state index in [0.29, 0.717) is 11.3 Å². The van der Waals surface area contributed by atoms with Crippen molar-refractivity contribution in [3.63, 3.8) is 0 Å². The number of anilines is 1. The number of aryl methyl sites for hydroxylation is 1. The highest BCUT2D eigenvalue weighted by Crippen LogP contribution is 2.30. The summed E-state index contributed by atoms with van der Waals surface area (Å²) in [6.07, 6.45) is 0. The second-order valence-electron chi connectivity index (χ2n) is 4.79. The molecule has 0 amide bonds. The molecule has 0 fully saturated rings. The second kappa shape index (κ2) is 6.38. The number of halogens is 2. The minimum absolute atomic E-state index is 0.0151. The standard InChI is InChI=1S/C15H14FIN2O2/c1-9-3-4-11(7-13(9)16)10(2)18-14-6-5-12(17)8-15(14)19(20)21/h3-8,10,18H,1-2H3. The van der Waals surface area contributed by atoms with Crippen LogP contribution in [0.4, 0.5) is 15.8 Å². The zero-order valence-corrected chi connectivity index (χ0v) is 13.7. The number of rotatable bonds is 4. The Bertz CT molecular complexity index is 691. The van der Waals surface area contributed by atoms with E-state index in [2.05, 4.69) is 5.32 Å². The van der Waals surface area contributed by atoms with E-state index in [1.54, 1.807) is 25.1 Å². The van der Waals surface area contributed by atoms with Gasteiger partial charge in [-0.3, -0.25) is 10.1 Å². The Labute approximate surface area is 135 Å².